The van der Waals surface area contributed by atoms with Gasteiger partial charge in [0.25, 0.3) is 0 Å². The third-order valence-electron chi connectivity index (χ3n) is 2.57. The topological polar surface area (TPSA) is 56.5 Å². The van der Waals surface area contributed by atoms with Gasteiger partial charge in [-0.15, -0.1) is 0 Å². The predicted molar refractivity (Wildman–Crippen MR) is 66.6 cm³/mol. The molecule has 5 heteroatoms. The summed E-state index contributed by atoms with van der Waals surface area (Å²) in [5, 5.41) is 7.10. The lowest BCUT2D eigenvalue weighted by Gasteiger charge is -2.09. The zero-order valence-corrected chi connectivity index (χ0v) is 10.5. The van der Waals surface area contributed by atoms with Gasteiger partial charge in [0.2, 0.25) is 0 Å². The van der Waals surface area contributed by atoms with Crippen LogP contribution in [0.25, 0.3) is 0 Å². The molecular weight excluding hydrogens is 232 g/mol. The summed E-state index contributed by atoms with van der Waals surface area (Å²) in [5.74, 6) is 1.47. The van der Waals surface area contributed by atoms with Crippen molar-refractivity contribution in [1.29, 1.82) is 0 Å². The zero-order chi connectivity index (χ0) is 12.8. The van der Waals surface area contributed by atoms with Crippen LogP contribution in [0, 0.1) is 0 Å². The van der Waals surface area contributed by atoms with E-state index >= 15 is 0 Å². The molecule has 1 aromatic heterocycles. The first-order chi connectivity index (χ1) is 8.83. The minimum Gasteiger partial charge on any atom is -0.493 e. The summed E-state index contributed by atoms with van der Waals surface area (Å²) >= 11 is 0. The van der Waals surface area contributed by atoms with Gasteiger partial charge < -0.3 is 19.3 Å². The molecule has 0 spiro atoms. The smallest absolute Gasteiger partial charge is 0.161 e. The molecule has 0 atom stereocenters. The van der Waals surface area contributed by atoms with E-state index in [2.05, 4.69) is 10.5 Å². The van der Waals surface area contributed by atoms with E-state index in [0.29, 0.717) is 6.54 Å². The van der Waals surface area contributed by atoms with Crippen molar-refractivity contribution in [3.05, 3.63) is 41.8 Å². The van der Waals surface area contributed by atoms with Crippen molar-refractivity contribution in [1.82, 2.24) is 10.5 Å². The predicted octanol–water partition coefficient (Wildman–Crippen LogP) is 1.98. The van der Waals surface area contributed by atoms with Gasteiger partial charge in [-0.25, -0.2) is 0 Å². The summed E-state index contributed by atoms with van der Waals surface area (Å²) in [4.78, 5) is 0. The standard InChI is InChI=1S/C13H16N2O3/c1-16-12-4-3-10(7-13(12)17-2)8-14-9-11-5-6-18-15-11/h3-7,14H,8-9H2,1-2H3. The van der Waals surface area contributed by atoms with Gasteiger partial charge in [0.1, 0.15) is 6.26 Å². The minimum absolute atomic E-state index is 0.671. The number of methoxy groups -OCH3 is 2. The second-order valence-electron chi connectivity index (χ2n) is 3.78. The Morgan fingerprint density at radius 2 is 1.94 bits per heavy atom. The quantitative estimate of drug-likeness (QED) is 0.847. The number of aromatic nitrogens is 1. The van der Waals surface area contributed by atoms with E-state index in [1.54, 1.807) is 20.5 Å². The molecule has 0 bridgehead atoms. The molecule has 96 valence electrons. The van der Waals surface area contributed by atoms with E-state index in [0.717, 1.165) is 29.3 Å². The molecular formula is C13H16N2O3. The van der Waals surface area contributed by atoms with Crippen LogP contribution in [-0.4, -0.2) is 19.4 Å². The van der Waals surface area contributed by atoms with E-state index in [9.17, 15) is 0 Å². The van der Waals surface area contributed by atoms with Crippen molar-refractivity contribution in [2.45, 2.75) is 13.1 Å². The molecule has 1 N–H and O–H groups in total. The van der Waals surface area contributed by atoms with Crippen molar-refractivity contribution in [2.75, 3.05) is 14.2 Å². The van der Waals surface area contributed by atoms with Crippen LogP contribution >= 0.6 is 0 Å². The fourth-order valence-electron chi connectivity index (χ4n) is 1.65. The zero-order valence-electron chi connectivity index (χ0n) is 10.5. The van der Waals surface area contributed by atoms with Crippen LogP contribution in [-0.2, 0) is 13.1 Å². The number of rotatable bonds is 6. The summed E-state index contributed by atoms with van der Waals surface area (Å²) in [7, 11) is 3.25. The SMILES string of the molecule is COc1ccc(CNCc2ccon2)cc1OC. The van der Waals surface area contributed by atoms with Crippen LogP contribution < -0.4 is 14.8 Å². The van der Waals surface area contributed by atoms with Gasteiger partial charge >= 0.3 is 0 Å². The van der Waals surface area contributed by atoms with Crippen molar-refractivity contribution in [2.24, 2.45) is 0 Å². The normalized spacial score (nSPS) is 10.3. The maximum absolute atomic E-state index is 5.25. The number of nitrogens with zero attached hydrogens (tertiary/aromatic N) is 1. The van der Waals surface area contributed by atoms with Gasteiger partial charge in [-0.3, -0.25) is 0 Å². The Hall–Kier alpha value is -2.01. The molecule has 2 aromatic rings. The second-order valence-corrected chi connectivity index (χ2v) is 3.78. The van der Waals surface area contributed by atoms with E-state index in [1.807, 2.05) is 24.3 Å². The second kappa shape index (κ2) is 6.07. The highest BCUT2D eigenvalue weighted by Gasteiger charge is 2.04. The van der Waals surface area contributed by atoms with Crippen LogP contribution in [0.15, 0.2) is 35.1 Å². The molecule has 0 saturated heterocycles. The maximum Gasteiger partial charge on any atom is 0.161 e. The summed E-state index contributed by atoms with van der Waals surface area (Å²) in [6.07, 6.45) is 1.56. The van der Waals surface area contributed by atoms with Crippen LogP contribution in [0.4, 0.5) is 0 Å². The lowest BCUT2D eigenvalue weighted by molar-refractivity contribution is 0.354. The molecule has 2 rings (SSSR count). The van der Waals surface area contributed by atoms with Gasteiger partial charge in [0.15, 0.2) is 11.5 Å². The Morgan fingerprint density at radius 3 is 2.61 bits per heavy atom. The number of benzene rings is 1. The van der Waals surface area contributed by atoms with Gasteiger partial charge in [-0.1, -0.05) is 11.2 Å². The average molecular weight is 248 g/mol. The lowest BCUT2D eigenvalue weighted by Crippen LogP contribution is -2.12. The first-order valence-electron chi connectivity index (χ1n) is 5.64. The van der Waals surface area contributed by atoms with Gasteiger partial charge in [0, 0.05) is 19.2 Å². The van der Waals surface area contributed by atoms with E-state index in [1.165, 1.54) is 0 Å². The maximum atomic E-state index is 5.25. The van der Waals surface area contributed by atoms with Gasteiger partial charge in [-0.05, 0) is 17.7 Å². The number of hydrogen-bond acceptors (Lipinski definition) is 5. The van der Waals surface area contributed by atoms with Crippen molar-refractivity contribution in [3.8, 4) is 11.5 Å². The highest BCUT2D eigenvalue weighted by atomic mass is 16.5. The van der Waals surface area contributed by atoms with Crippen LogP contribution in [0.5, 0.6) is 11.5 Å². The molecule has 0 unspecified atom stereocenters. The molecule has 0 fully saturated rings. The van der Waals surface area contributed by atoms with E-state index in [4.69, 9.17) is 14.0 Å². The molecule has 0 amide bonds. The van der Waals surface area contributed by atoms with Crippen molar-refractivity contribution >= 4 is 0 Å². The summed E-state index contributed by atoms with van der Waals surface area (Å²) in [5.41, 5.74) is 2.01. The third kappa shape index (κ3) is 3.01. The number of ether oxygens (including phenoxy) is 2. The van der Waals surface area contributed by atoms with E-state index < -0.39 is 0 Å². The van der Waals surface area contributed by atoms with Crippen molar-refractivity contribution in [3.63, 3.8) is 0 Å². The Kier molecular flexibility index (Phi) is 4.20. The Bertz CT molecular complexity index is 483. The van der Waals surface area contributed by atoms with Crippen LogP contribution in [0.1, 0.15) is 11.3 Å². The lowest BCUT2D eigenvalue weighted by atomic mass is 10.2. The molecule has 0 aliphatic rings. The summed E-state index contributed by atoms with van der Waals surface area (Å²) in [6.45, 7) is 1.40. The number of hydrogen-bond donors (Lipinski definition) is 1. The average Bonchev–Trinajstić information content (AvgIpc) is 2.91. The van der Waals surface area contributed by atoms with Crippen molar-refractivity contribution < 1.29 is 14.0 Å². The largest absolute Gasteiger partial charge is 0.493 e. The Morgan fingerprint density at radius 1 is 1.11 bits per heavy atom. The van der Waals surface area contributed by atoms with Gasteiger partial charge in [-0.2, -0.15) is 0 Å². The Balaban J connectivity index is 1.93. The highest BCUT2D eigenvalue weighted by molar-refractivity contribution is 5.42. The fourth-order valence-corrected chi connectivity index (χ4v) is 1.65. The molecule has 1 heterocycles. The highest BCUT2D eigenvalue weighted by Crippen LogP contribution is 2.27. The minimum atomic E-state index is 0.671. The summed E-state index contributed by atoms with van der Waals surface area (Å²) < 4.78 is 15.2. The molecule has 0 aliphatic heterocycles. The fraction of sp³-hybridized carbons (Fsp3) is 0.308. The van der Waals surface area contributed by atoms with E-state index in [-0.39, 0.29) is 0 Å². The summed E-state index contributed by atoms with van der Waals surface area (Å²) in [6, 6.07) is 7.68. The molecule has 0 saturated carbocycles. The number of nitrogens with one attached hydrogen (secondary N) is 1. The molecule has 5 nitrogen and oxygen atoms in total. The first-order valence-corrected chi connectivity index (χ1v) is 5.64. The van der Waals surface area contributed by atoms with Crippen LogP contribution in [0.3, 0.4) is 0 Å². The monoisotopic (exact) mass is 248 g/mol. The molecule has 0 radical (unpaired) electrons. The molecule has 18 heavy (non-hydrogen) atoms. The molecule has 1 aromatic carbocycles. The third-order valence-corrected chi connectivity index (χ3v) is 2.57. The first kappa shape index (κ1) is 12.4. The Labute approximate surface area is 106 Å². The van der Waals surface area contributed by atoms with Gasteiger partial charge in [0.05, 0.1) is 19.9 Å². The molecule has 0 aliphatic carbocycles. The van der Waals surface area contributed by atoms with Crippen LogP contribution in [0.2, 0.25) is 0 Å².